The first kappa shape index (κ1) is 10.5. The molecule has 0 bridgehead atoms. The van der Waals surface area contributed by atoms with Crippen LogP contribution in [-0.4, -0.2) is 18.6 Å². The highest BCUT2D eigenvalue weighted by molar-refractivity contribution is 5.73. The quantitative estimate of drug-likeness (QED) is 0.789. The van der Waals surface area contributed by atoms with Crippen molar-refractivity contribution in [3.8, 4) is 11.1 Å². The summed E-state index contributed by atoms with van der Waals surface area (Å²) in [6.45, 7) is 5.72. The van der Waals surface area contributed by atoms with E-state index < -0.39 is 0 Å². The van der Waals surface area contributed by atoms with Crippen molar-refractivity contribution in [2.24, 2.45) is 0 Å². The van der Waals surface area contributed by atoms with Crippen molar-refractivity contribution in [2.75, 3.05) is 18.5 Å². The van der Waals surface area contributed by atoms with Gasteiger partial charge in [0.25, 0.3) is 0 Å². The first-order valence-corrected chi connectivity index (χ1v) is 6.07. The molecule has 0 saturated heterocycles. The molecule has 2 nitrogen and oxygen atoms in total. The summed E-state index contributed by atoms with van der Waals surface area (Å²) < 4.78 is 0. The molecule has 2 aromatic rings. The van der Waals surface area contributed by atoms with Crippen LogP contribution < -0.4 is 4.90 Å². The molecule has 1 aliphatic heterocycles. The van der Waals surface area contributed by atoms with Gasteiger partial charge in [-0.15, -0.1) is 0 Å². The molecule has 88 valence electrons. The fourth-order valence-electron chi connectivity index (χ4n) is 2.87. The average molecular weight is 226 g/mol. The van der Waals surface area contributed by atoms with Crippen molar-refractivity contribution in [1.82, 2.24) is 4.98 Å². The first-order valence-electron chi connectivity index (χ1n) is 6.07. The topological polar surface area (TPSA) is 19.0 Å². The fraction of sp³-hybridized carbons (Fsp3) is 0.333. The maximum atomic E-state index is 3.11. The van der Waals surface area contributed by atoms with Crippen LogP contribution in [-0.2, 0) is 5.41 Å². The normalized spacial score (nSPS) is 17.2. The second kappa shape index (κ2) is 3.39. The smallest absolute Gasteiger partial charge is 0.0408 e. The molecule has 1 aliphatic rings. The van der Waals surface area contributed by atoms with Crippen LogP contribution >= 0.6 is 0 Å². The second-order valence-corrected chi connectivity index (χ2v) is 5.57. The largest absolute Gasteiger partial charge is 0.373 e. The van der Waals surface area contributed by atoms with Gasteiger partial charge in [-0.25, -0.2) is 0 Å². The van der Waals surface area contributed by atoms with Crippen LogP contribution in [0.3, 0.4) is 0 Å². The maximum Gasteiger partial charge on any atom is 0.0408 e. The predicted molar refractivity (Wildman–Crippen MR) is 72.5 cm³/mol. The number of hydrogen-bond acceptors (Lipinski definition) is 1. The molecule has 3 rings (SSSR count). The van der Waals surface area contributed by atoms with Gasteiger partial charge in [0.05, 0.1) is 0 Å². The van der Waals surface area contributed by atoms with Crippen LogP contribution in [0.5, 0.6) is 0 Å². The Bertz CT molecular complexity index is 538. The third kappa shape index (κ3) is 1.55. The van der Waals surface area contributed by atoms with Crippen molar-refractivity contribution in [3.63, 3.8) is 0 Å². The molecule has 2 heterocycles. The van der Waals surface area contributed by atoms with Crippen LogP contribution in [0.25, 0.3) is 11.1 Å². The number of aromatic amines is 1. The van der Waals surface area contributed by atoms with Crippen LogP contribution in [0, 0.1) is 0 Å². The van der Waals surface area contributed by atoms with E-state index in [1.54, 1.807) is 0 Å². The Labute approximate surface area is 102 Å². The highest BCUT2D eigenvalue weighted by atomic mass is 15.1. The zero-order chi connectivity index (χ0) is 12.0. The monoisotopic (exact) mass is 226 g/mol. The minimum atomic E-state index is 0.265. The molecule has 0 aliphatic carbocycles. The van der Waals surface area contributed by atoms with E-state index >= 15 is 0 Å². The van der Waals surface area contributed by atoms with Gasteiger partial charge in [0.1, 0.15) is 0 Å². The number of hydrogen-bond donors (Lipinski definition) is 1. The SMILES string of the molecule is CN1CC(C)(C)c2ccc(-c3cc[nH]c3)cc21. The Balaban J connectivity index is 2.12. The van der Waals surface area contributed by atoms with Gasteiger partial charge in [-0.2, -0.15) is 0 Å². The number of nitrogens with one attached hydrogen (secondary N) is 1. The summed E-state index contributed by atoms with van der Waals surface area (Å²) in [6.07, 6.45) is 4.01. The zero-order valence-electron chi connectivity index (χ0n) is 10.6. The van der Waals surface area contributed by atoms with Crippen molar-refractivity contribution >= 4 is 5.69 Å². The minimum Gasteiger partial charge on any atom is -0.373 e. The Morgan fingerprint density at radius 1 is 1.18 bits per heavy atom. The minimum absolute atomic E-state index is 0.265. The lowest BCUT2D eigenvalue weighted by molar-refractivity contribution is 0.563. The summed E-state index contributed by atoms with van der Waals surface area (Å²) in [5.41, 5.74) is 5.63. The number of H-pyrrole nitrogens is 1. The highest BCUT2D eigenvalue weighted by Gasteiger charge is 2.33. The number of fused-ring (bicyclic) bond motifs is 1. The van der Waals surface area contributed by atoms with Crippen molar-refractivity contribution in [1.29, 1.82) is 0 Å². The molecule has 17 heavy (non-hydrogen) atoms. The molecule has 2 heteroatoms. The number of nitrogens with zero attached hydrogens (tertiary/aromatic N) is 1. The molecule has 0 atom stereocenters. The first-order chi connectivity index (χ1) is 8.08. The van der Waals surface area contributed by atoms with Gasteiger partial charge in [0.15, 0.2) is 0 Å². The van der Waals surface area contributed by atoms with Gasteiger partial charge in [-0.05, 0) is 28.8 Å². The van der Waals surface area contributed by atoms with E-state index in [9.17, 15) is 0 Å². The maximum absolute atomic E-state index is 3.11. The molecule has 0 fully saturated rings. The molecule has 0 amide bonds. The Morgan fingerprint density at radius 2 is 2.00 bits per heavy atom. The van der Waals surface area contributed by atoms with Gasteiger partial charge in [0.2, 0.25) is 0 Å². The summed E-state index contributed by atoms with van der Waals surface area (Å²) in [5.74, 6) is 0. The number of likely N-dealkylation sites (N-methyl/N-ethyl adjacent to an activating group) is 1. The standard InChI is InChI=1S/C15H18N2/c1-15(2)10-17(3)14-8-11(4-5-13(14)15)12-6-7-16-9-12/h4-9,16H,10H2,1-3H3. The van der Waals surface area contributed by atoms with E-state index in [0.29, 0.717) is 0 Å². The molecule has 0 radical (unpaired) electrons. The molecular weight excluding hydrogens is 208 g/mol. The van der Waals surface area contributed by atoms with Gasteiger partial charge in [0, 0.05) is 37.1 Å². The van der Waals surface area contributed by atoms with Crippen molar-refractivity contribution < 1.29 is 0 Å². The number of aromatic nitrogens is 1. The van der Waals surface area contributed by atoms with E-state index in [1.165, 1.54) is 22.4 Å². The molecule has 1 aromatic carbocycles. The Morgan fingerprint density at radius 3 is 2.71 bits per heavy atom. The summed E-state index contributed by atoms with van der Waals surface area (Å²) in [5, 5.41) is 0. The van der Waals surface area contributed by atoms with Crippen LogP contribution in [0.15, 0.2) is 36.7 Å². The number of benzene rings is 1. The third-order valence-electron chi connectivity index (χ3n) is 3.70. The van der Waals surface area contributed by atoms with Crippen molar-refractivity contribution in [2.45, 2.75) is 19.3 Å². The third-order valence-corrected chi connectivity index (χ3v) is 3.70. The lowest BCUT2D eigenvalue weighted by Crippen LogP contribution is -2.24. The molecule has 1 N–H and O–H groups in total. The van der Waals surface area contributed by atoms with E-state index in [1.807, 2.05) is 12.4 Å². The van der Waals surface area contributed by atoms with E-state index in [-0.39, 0.29) is 5.41 Å². The van der Waals surface area contributed by atoms with Gasteiger partial charge in [-0.3, -0.25) is 0 Å². The zero-order valence-corrected chi connectivity index (χ0v) is 10.6. The molecule has 1 aromatic heterocycles. The fourth-order valence-corrected chi connectivity index (χ4v) is 2.87. The number of rotatable bonds is 1. The summed E-state index contributed by atoms with van der Waals surface area (Å²) in [6, 6.07) is 8.92. The second-order valence-electron chi connectivity index (χ2n) is 5.57. The lowest BCUT2D eigenvalue weighted by atomic mass is 9.86. The lowest BCUT2D eigenvalue weighted by Gasteiger charge is -2.18. The van der Waals surface area contributed by atoms with E-state index in [2.05, 4.69) is 55.0 Å². The van der Waals surface area contributed by atoms with Crippen LogP contribution in [0.2, 0.25) is 0 Å². The number of anilines is 1. The van der Waals surface area contributed by atoms with Gasteiger partial charge >= 0.3 is 0 Å². The molecule has 0 unspecified atom stereocenters. The molecule has 0 saturated carbocycles. The molecule has 0 spiro atoms. The highest BCUT2D eigenvalue weighted by Crippen LogP contribution is 2.41. The summed E-state index contributed by atoms with van der Waals surface area (Å²) in [4.78, 5) is 5.46. The predicted octanol–water partition coefficient (Wildman–Crippen LogP) is 3.41. The van der Waals surface area contributed by atoms with E-state index in [4.69, 9.17) is 0 Å². The van der Waals surface area contributed by atoms with Crippen LogP contribution in [0.4, 0.5) is 5.69 Å². The summed E-state index contributed by atoms with van der Waals surface area (Å²) >= 11 is 0. The van der Waals surface area contributed by atoms with Crippen LogP contribution in [0.1, 0.15) is 19.4 Å². The van der Waals surface area contributed by atoms with E-state index in [0.717, 1.165) is 6.54 Å². The van der Waals surface area contributed by atoms with Gasteiger partial charge < -0.3 is 9.88 Å². The summed E-state index contributed by atoms with van der Waals surface area (Å²) in [7, 11) is 2.18. The average Bonchev–Trinajstić information content (AvgIpc) is 2.87. The van der Waals surface area contributed by atoms with Crippen molar-refractivity contribution in [3.05, 3.63) is 42.2 Å². The van der Waals surface area contributed by atoms with Gasteiger partial charge in [-0.1, -0.05) is 26.0 Å². The Kier molecular flexibility index (Phi) is 2.09. The Hall–Kier alpha value is -1.70. The molecular formula is C15H18N2.